The van der Waals surface area contributed by atoms with Crippen LogP contribution in [0.1, 0.15) is 71.5 Å². The standard InChI is InChI=1S/C16H28N2S/c1-11(2)18-16(9-7-8-12(16)3)14-17-13(10-19-14)15(4,5)6/h10-12,18H,7-9H2,1-6H3. The minimum absolute atomic E-state index is 0.113. The first kappa shape index (κ1) is 15.0. The zero-order chi connectivity index (χ0) is 14.3. The Morgan fingerprint density at radius 3 is 2.53 bits per heavy atom. The van der Waals surface area contributed by atoms with Gasteiger partial charge in [0, 0.05) is 16.8 Å². The average molecular weight is 280 g/mol. The Balaban J connectivity index is 2.37. The molecular weight excluding hydrogens is 252 g/mol. The summed E-state index contributed by atoms with van der Waals surface area (Å²) < 4.78 is 0. The van der Waals surface area contributed by atoms with E-state index in [2.05, 4.69) is 52.2 Å². The Kier molecular flexibility index (Phi) is 4.08. The fourth-order valence-electron chi connectivity index (χ4n) is 3.11. The highest BCUT2D eigenvalue weighted by atomic mass is 32.1. The van der Waals surface area contributed by atoms with Gasteiger partial charge in [0.15, 0.2) is 0 Å². The summed E-state index contributed by atoms with van der Waals surface area (Å²) in [5, 5.41) is 7.39. The van der Waals surface area contributed by atoms with Crippen molar-refractivity contribution in [2.45, 2.75) is 77.8 Å². The topological polar surface area (TPSA) is 24.9 Å². The van der Waals surface area contributed by atoms with Crippen molar-refractivity contribution in [3.8, 4) is 0 Å². The summed E-state index contributed by atoms with van der Waals surface area (Å²) in [6, 6.07) is 0.502. The van der Waals surface area contributed by atoms with E-state index in [9.17, 15) is 0 Å². The maximum Gasteiger partial charge on any atom is 0.113 e. The molecule has 2 nitrogen and oxygen atoms in total. The van der Waals surface area contributed by atoms with Crippen LogP contribution in [0.5, 0.6) is 0 Å². The minimum Gasteiger partial charge on any atom is -0.303 e. The van der Waals surface area contributed by atoms with Crippen LogP contribution >= 0.6 is 11.3 Å². The predicted octanol–water partition coefficient (Wildman–Crippen LogP) is 4.45. The van der Waals surface area contributed by atoms with Gasteiger partial charge in [-0.2, -0.15) is 0 Å². The molecule has 0 aliphatic heterocycles. The Morgan fingerprint density at radius 2 is 2.11 bits per heavy atom. The SMILES string of the molecule is CC(C)NC1(c2nc(C(C)(C)C)cs2)CCCC1C. The quantitative estimate of drug-likeness (QED) is 0.884. The summed E-state index contributed by atoms with van der Waals surface area (Å²) in [7, 11) is 0. The van der Waals surface area contributed by atoms with Crippen molar-refractivity contribution in [2.24, 2.45) is 5.92 Å². The third kappa shape index (κ3) is 2.87. The smallest absolute Gasteiger partial charge is 0.113 e. The summed E-state index contributed by atoms with van der Waals surface area (Å²) in [6.07, 6.45) is 3.85. The van der Waals surface area contributed by atoms with Gasteiger partial charge >= 0.3 is 0 Å². The van der Waals surface area contributed by atoms with Crippen molar-refractivity contribution in [2.75, 3.05) is 0 Å². The molecule has 1 heterocycles. The van der Waals surface area contributed by atoms with E-state index in [0.717, 1.165) is 0 Å². The number of hydrogen-bond acceptors (Lipinski definition) is 3. The molecule has 1 fully saturated rings. The molecule has 108 valence electrons. The molecule has 0 amide bonds. The summed E-state index contributed by atoms with van der Waals surface area (Å²) in [4.78, 5) is 5.00. The molecule has 1 aromatic rings. The van der Waals surface area contributed by atoms with E-state index >= 15 is 0 Å². The highest BCUT2D eigenvalue weighted by Gasteiger charge is 2.44. The van der Waals surface area contributed by atoms with Gasteiger partial charge in [-0.05, 0) is 32.6 Å². The van der Waals surface area contributed by atoms with Crippen LogP contribution in [0.4, 0.5) is 0 Å². The van der Waals surface area contributed by atoms with E-state index in [4.69, 9.17) is 4.98 Å². The van der Waals surface area contributed by atoms with Crippen molar-refractivity contribution in [3.05, 3.63) is 16.1 Å². The van der Waals surface area contributed by atoms with Gasteiger partial charge in [-0.25, -0.2) is 4.98 Å². The van der Waals surface area contributed by atoms with Crippen molar-refractivity contribution >= 4 is 11.3 Å². The number of nitrogens with one attached hydrogen (secondary N) is 1. The second-order valence-corrected chi connectivity index (χ2v) is 8.21. The van der Waals surface area contributed by atoms with Gasteiger partial charge in [0.25, 0.3) is 0 Å². The highest BCUT2D eigenvalue weighted by molar-refractivity contribution is 7.09. The lowest BCUT2D eigenvalue weighted by molar-refractivity contribution is 0.240. The zero-order valence-corrected chi connectivity index (χ0v) is 14.0. The monoisotopic (exact) mass is 280 g/mol. The number of thiazole rings is 1. The molecular formula is C16H28N2S. The van der Waals surface area contributed by atoms with Crippen LogP contribution in [0.25, 0.3) is 0 Å². The lowest BCUT2D eigenvalue weighted by Crippen LogP contribution is -2.48. The number of hydrogen-bond donors (Lipinski definition) is 1. The normalized spacial score (nSPS) is 28.3. The van der Waals surface area contributed by atoms with Gasteiger partial charge in [0.2, 0.25) is 0 Å². The van der Waals surface area contributed by atoms with Crippen LogP contribution in [0.3, 0.4) is 0 Å². The molecule has 3 heteroatoms. The van der Waals surface area contributed by atoms with Crippen LogP contribution in [-0.2, 0) is 11.0 Å². The van der Waals surface area contributed by atoms with Crippen LogP contribution in [0, 0.1) is 5.92 Å². The van der Waals surface area contributed by atoms with Crippen LogP contribution in [0.15, 0.2) is 5.38 Å². The highest BCUT2D eigenvalue weighted by Crippen LogP contribution is 2.45. The molecule has 19 heavy (non-hydrogen) atoms. The van der Waals surface area contributed by atoms with Gasteiger partial charge in [0.05, 0.1) is 11.2 Å². The van der Waals surface area contributed by atoms with E-state index in [0.29, 0.717) is 12.0 Å². The molecule has 2 atom stereocenters. The fourth-order valence-corrected chi connectivity index (χ4v) is 4.47. The molecule has 0 bridgehead atoms. The van der Waals surface area contributed by atoms with E-state index in [1.807, 2.05) is 11.3 Å². The summed E-state index contributed by atoms with van der Waals surface area (Å²) >= 11 is 1.84. The van der Waals surface area contributed by atoms with Gasteiger partial charge < -0.3 is 5.32 Å². The third-order valence-corrected chi connectivity index (χ3v) is 5.27. The number of aromatic nitrogens is 1. The summed E-state index contributed by atoms with van der Waals surface area (Å²) in [5.41, 5.74) is 1.49. The largest absolute Gasteiger partial charge is 0.303 e. The van der Waals surface area contributed by atoms with Crippen molar-refractivity contribution < 1.29 is 0 Å². The van der Waals surface area contributed by atoms with Gasteiger partial charge in [-0.3, -0.25) is 0 Å². The van der Waals surface area contributed by atoms with Crippen molar-refractivity contribution in [1.29, 1.82) is 0 Å². The van der Waals surface area contributed by atoms with E-state index in [-0.39, 0.29) is 11.0 Å². The second-order valence-electron chi connectivity index (χ2n) is 7.35. The molecule has 2 rings (SSSR count). The van der Waals surface area contributed by atoms with Crippen molar-refractivity contribution in [3.63, 3.8) is 0 Å². The molecule has 1 saturated carbocycles. The summed E-state index contributed by atoms with van der Waals surface area (Å²) in [6.45, 7) is 13.6. The fraction of sp³-hybridized carbons (Fsp3) is 0.812. The zero-order valence-electron chi connectivity index (χ0n) is 13.2. The van der Waals surface area contributed by atoms with Crippen LogP contribution in [0.2, 0.25) is 0 Å². The average Bonchev–Trinajstić information content (AvgIpc) is 2.85. The number of rotatable bonds is 3. The molecule has 1 aliphatic rings. The molecule has 0 radical (unpaired) electrons. The second kappa shape index (κ2) is 5.17. The van der Waals surface area contributed by atoms with E-state index < -0.39 is 0 Å². The predicted molar refractivity (Wildman–Crippen MR) is 83.8 cm³/mol. The Labute approximate surface area is 122 Å². The first-order valence-electron chi connectivity index (χ1n) is 7.50. The molecule has 1 N–H and O–H groups in total. The van der Waals surface area contributed by atoms with E-state index in [1.54, 1.807) is 0 Å². The maximum atomic E-state index is 5.00. The van der Waals surface area contributed by atoms with Crippen LogP contribution < -0.4 is 5.32 Å². The molecule has 2 unspecified atom stereocenters. The number of nitrogens with zero attached hydrogens (tertiary/aromatic N) is 1. The molecule has 1 aromatic heterocycles. The molecule has 1 aliphatic carbocycles. The first-order chi connectivity index (χ1) is 8.75. The molecule has 0 saturated heterocycles. The van der Waals surface area contributed by atoms with Crippen molar-refractivity contribution in [1.82, 2.24) is 10.3 Å². The van der Waals surface area contributed by atoms with E-state index in [1.165, 1.54) is 30.0 Å². The van der Waals surface area contributed by atoms with Gasteiger partial charge in [-0.15, -0.1) is 11.3 Å². The lowest BCUT2D eigenvalue weighted by atomic mass is 9.87. The molecule has 0 aromatic carbocycles. The van der Waals surface area contributed by atoms with Gasteiger partial charge in [-0.1, -0.05) is 34.1 Å². The van der Waals surface area contributed by atoms with Gasteiger partial charge in [0.1, 0.15) is 5.01 Å². The molecule has 0 spiro atoms. The third-order valence-electron chi connectivity index (χ3n) is 4.25. The van der Waals surface area contributed by atoms with Crippen LogP contribution in [-0.4, -0.2) is 11.0 Å². The Hall–Kier alpha value is -0.410. The Bertz CT molecular complexity index is 430. The first-order valence-corrected chi connectivity index (χ1v) is 8.38. The maximum absolute atomic E-state index is 5.00. The Morgan fingerprint density at radius 1 is 1.42 bits per heavy atom. The minimum atomic E-state index is 0.113. The lowest BCUT2D eigenvalue weighted by Gasteiger charge is -2.35. The summed E-state index contributed by atoms with van der Waals surface area (Å²) in [5.74, 6) is 0.675.